The molecule has 0 bridgehead atoms. The number of benzene rings is 1. The molecule has 1 unspecified atom stereocenters. The maximum Gasteiger partial charge on any atom is 0.243 e. The van der Waals surface area contributed by atoms with E-state index in [4.69, 9.17) is 11.0 Å². The van der Waals surface area contributed by atoms with Crippen LogP contribution in [0.5, 0.6) is 0 Å². The fourth-order valence-electron chi connectivity index (χ4n) is 2.80. The molecule has 1 aliphatic rings. The SMILES string of the molecule is Cc1ccc(C#N)cc1S(=O)(=O)N1CCCC(C(=O)NCCN)C1.Cl. The van der Waals surface area contributed by atoms with Crippen molar-refractivity contribution >= 4 is 28.3 Å². The summed E-state index contributed by atoms with van der Waals surface area (Å²) in [5, 5.41) is 11.7. The molecule has 0 aliphatic carbocycles. The van der Waals surface area contributed by atoms with Gasteiger partial charge in [-0.3, -0.25) is 4.79 Å². The highest BCUT2D eigenvalue weighted by molar-refractivity contribution is 7.89. The Kier molecular flexibility index (Phi) is 7.83. The number of hydrogen-bond acceptors (Lipinski definition) is 5. The molecule has 7 nitrogen and oxygen atoms in total. The average Bonchev–Trinajstić information content (AvgIpc) is 2.60. The summed E-state index contributed by atoms with van der Waals surface area (Å²) in [6.45, 7) is 2.95. The van der Waals surface area contributed by atoms with Gasteiger partial charge in [0.25, 0.3) is 0 Å². The van der Waals surface area contributed by atoms with Crippen molar-refractivity contribution in [2.24, 2.45) is 11.7 Å². The van der Waals surface area contributed by atoms with Gasteiger partial charge >= 0.3 is 0 Å². The number of nitrogens with zero attached hydrogens (tertiary/aromatic N) is 2. The minimum absolute atomic E-state index is 0. The molecule has 9 heteroatoms. The lowest BCUT2D eigenvalue weighted by Gasteiger charge is -2.31. The first-order chi connectivity index (χ1) is 11.4. The minimum atomic E-state index is -3.73. The van der Waals surface area contributed by atoms with Crippen molar-refractivity contribution in [3.8, 4) is 6.07 Å². The zero-order valence-corrected chi connectivity index (χ0v) is 15.7. The van der Waals surface area contributed by atoms with E-state index in [0.717, 1.165) is 0 Å². The van der Waals surface area contributed by atoms with Gasteiger partial charge in [0.2, 0.25) is 15.9 Å². The Morgan fingerprint density at radius 1 is 1.48 bits per heavy atom. The van der Waals surface area contributed by atoms with Gasteiger partial charge in [-0.2, -0.15) is 9.57 Å². The molecule has 1 fully saturated rings. The lowest BCUT2D eigenvalue weighted by molar-refractivity contribution is -0.126. The van der Waals surface area contributed by atoms with Gasteiger partial charge in [0, 0.05) is 26.2 Å². The molecule has 1 heterocycles. The Hall–Kier alpha value is -1.66. The van der Waals surface area contributed by atoms with Crippen LogP contribution in [0.4, 0.5) is 0 Å². The molecule has 1 aromatic carbocycles. The van der Waals surface area contributed by atoms with Crippen LogP contribution in [0.25, 0.3) is 0 Å². The van der Waals surface area contributed by atoms with Crippen LogP contribution in [0.1, 0.15) is 24.0 Å². The molecule has 0 radical (unpaired) electrons. The molecule has 3 N–H and O–H groups in total. The Bertz CT molecular complexity index is 761. The smallest absolute Gasteiger partial charge is 0.243 e. The zero-order valence-electron chi connectivity index (χ0n) is 14.1. The molecule has 1 aromatic rings. The molecular formula is C16H23ClN4O3S. The minimum Gasteiger partial charge on any atom is -0.355 e. The van der Waals surface area contributed by atoms with E-state index in [-0.39, 0.29) is 35.7 Å². The number of sulfonamides is 1. The van der Waals surface area contributed by atoms with Gasteiger partial charge in [-0.1, -0.05) is 6.07 Å². The fraction of sp³-hybridized carbons (Fsp3) is 0.500. The zero-order chi connectivity index (χ0) is 17.7. The summed E-state index contributed by atoms with van der Waals surface area (Å²) < 4.78 is 27.2. The third-order valence-electron chi connectivity index (χ3n) is 4.13. The molecule has 1 atom stereocenters. The van der Waals surface area contributed by atoms with E-state index in [9.17, 15) is 13.2 Å². The monoisotopic (exact) mass is 386 g/mol. The summed E-state index contributed by atoms with van der Waals surface area (Å²) in [6, 6.07) is 6.57. The molecular weight excluding hydrogens is 364 g/mol. The quantitative estimate of drug-likeness (QED) is 0.775. The van der Waals surface area contributed by atoms with Crippen molar-refractivity contribution in [3.05, 3.63) is 29.3 Å². The van der Waals surface area contributed by atoms with E-state index in [0.29, 0.717) is 43.6 Å². The standard InChI is InChI=1S/C16H22N4O3S.ClH/c1-12-4-5-13(10-18)9-15(12)24(22,23)20-8-2-3-14(11-20)16(21)19-7-6-17;/h4-5,9,14H,2-3,6-8,11,17H2,1H3,(H,19,21);1H. The predicted octanol–water partition coefficient (Wildman–Crippen LogP) is 0.764. The normalized spacial score (nSPS) is 18.0. The number of nitrogens with one attached hydrogen (secondary N) is 1. The number of amides is 1. The Morgan fingerprint density at radius 2 is 2.20 bits per heavy atom. The first-order valence-electron chi connectivity index (χ1n) is 7.89. The molecule has 25 heavy (non-hydrogen) atoms. The molecule has 1 aliphatic heterocycles. The summed E-state index contributed by atoms with van der Waals surface area (Å²) in [5.41, 5.74) is 6.26. The number of rotatable bonds is 5. The van der Waals surface area contributed by atoms with Gasteiger partial charge in [-0.25, -0.2) is 8.42 Å². The second-order valence-electron chi connectivity index (χ2n) is 5.87. The van der Waals surface area contributed by atoms with Crippen molar-refractivity contribution in [3.63, 3.8) is 0 Å². The van der Waals surface area contributed by atoms with Crippen molar-refractivity contribution in [2.45, 2.75) is 24.7 Å². The fourth-order valence-corrected chi connectivity index (χ4v) is 4.58. The molecule has 0 spiro atoms. The second-order valence-corrected chi connectivity index (χ2v) is 7.78. The number of carbonyl (C=O) groups excluding carboxylic acids is 1. The van der Waals surface area contributed by atoms with E-state index >= 15 is 0 Å². The van der Waals surface area contributed by atoms with E-state index in [1.54, 1.807) is 19.1 Å². The average molecular weight is 387 g/mol. The van der Waals surface area contributed by atoms with Crippen LogP contribution in [-0.4, -0.2) is 44.8 Å². The summed E-state index contributed by atoms with van der Waals surface area (Å²) in [5.74, 6) is -0.539. The van der Waals surface area contributed by atoms with Crippen LogP contribution >= 0.6 is 12.4 Å². The third-order valence-corrected chi connectivity index (χ3v) is 6.14. The second kappa shape index (κ2) is 9.15. The van der Waals surface area contributed by atoms with Crippen molar-refractivity contribution in [1.82, 2.24) is 9.62 Å². The van der Waals surface area contributed by atoms with Crippen LogP contribution in [0, 0.1) is 24.2 Å². The van der Waals surface area contributed by atoms with Gasteiger partial charge in [0.05, 0.1) is 22.4 Å². The summed E-state index contributed by atoms with van der Waals surface area (Å²) in [7, 11) is -3.73. The number of nitriles is 1. The number of piperidine rings is 1. The molecule has 2 rings (SSSR count). The first kappa shape index (κ1) is 21.4. The van der Waals surface area contributed by atoms with Crippen LogP contribution in [0.15, 0.2) is 23.1 Å². The van der Waals surface area contributed by atoms with Crippen molar-refractivity contribution < 1.29 is 13.2 Å². The van der Waals surface area contributed by atoms with Gasteiger partial charge in [0.1, 0.15) is 0 Å². The van der Waals surface area contributed by atoms with E-state index < -0.39 is 10.0 Å². The predicted molar refractivity (Wildman–Crippen MR) is 96.7 cm³/mol. The van der Waals surface area contributed by atoms with Crippen molar-refractivity contribution in [1.29, 1.82) is 5.26 Å². The van der Waals surface area contributed by atoms with Crippen LogP contribution < -0.4 is 11.1 Å². The highest BCUT2D eigenvalue weighted by Gasteiger charge is 2.34. The third kappa shape index (κ3) is 4.92. The van der Waals surface area contributed by atoms with Crippen LogP contribution in [0.2, 0.25) is 0 Å². The Labute approximate surface area is 154 Å². The maximum atomic E-state index is 12.9. The van der Waals surface area contributed by atoms with Gasteiger partial charge in [-0.05, 0) is 37.5 Å². The molecule has 0 saturated carbocycles. The maximum absolute atomic E-state index is 12.9. The van der Waals surface area contributed by atoms with Gasteiger partial charge < -0.3 is 11.1 Å². The first-order valence-corrected chi connectivity index (χ1v) is 9.33. The summed E-state index contributed by atoms with van der Waals surface area (Å²) in [4.78, 5) is 12.2. The molecule has 138 valence electrons. The number of halogens is 1. The van der Waals surface area contributed by atoms with E-state index in [1.807, 2.05) is 6.07 Å². The molecule has 1 amide bonds. The summed E-state index contributed by atoms with van der Waals surface area (Å²) in [6.07, 6.45) is 1.27. The van der Waals surface area contributed by atoms with E-state index in [1.165, 1.54) is 10.4 Å². The lowest BCUT2D eigenvalue weighted by atomic mass is 9.99. The Morgan fingerprint density at radius 3 is 2.84 bits per heavy atom. The highest BCUT2D eigenvalue weighted by Crippen LogP contribution is 2.26. The highest BCUT2D eigenvalue weighted by atomic mass is 35.5. The van der Waals surface area contributed by atoms with Crippen molar-refractivity contribution in [2.75, 3.05) is 26.2 Å². The summed E-state index contributed by atoms with van der Waals surface area (Å²) >= 11 is 0. The topological polar surface area (TPSA) is 116 Å². The molecule has 1 saturated heterocycles. The number of nitrogens with two attached hydrogens (primary N) is 1. The number of aryl methyl sites for hydroxylation is 1. The van der Waals surface area contributed by atoms with Gasteiger partial charge in [0.15, 0.2) is 0 Å². The van der Waals surface area contributed by atoms with Crippen LogP contribution in [-0.2, 0) is 14.8 Å². The van der Waals surface area contributed by atoms with Gasteiger partial charge in [-0.15, -0.1) is 12.4 Å². The lowest BCUT2D eigenvalue weighted by Crippen LogP contribution is -2.46. The Balaban J connectivity index is 0.00000312. The number of hydrogen-bond donors (Lipinski definition) is 2. The van der Waals surface area contributed by atoms with E-state index in [2.05, 4.69) is 5.32 Å². The molecule has 0 aromatic heterocycles. The number of carbonyl (C=O) groups is 1. The largest absolute Gasteiger partial charge is 0.355 e. The van der Waals surface area contributed by atoms with Crippen LogP contribution in [0.3, 0.4) is 0 Å².